The first kappa shape index (κ1) is 17.2. The molecule has 0 aliphatic carbocycles. The normalized spacial score (nSPS) is 21.2. The summed E-state index contributed by atoms with van der Waals surface area (Å²) in [5, 5.41) is 3.65. The molecule has 126 valence electrons. The summed E-state index contributed by atoms with van der Waals surface area (Å²) < 4.78 is 59.6. The summed E-state index contributed by atoms with van der Waals surface area (Å²) in [7, 11) is -3.89. The van der Waals surface area contributed by atoms with Crippen molar-refractivity contribution in [2.75, 3.05) is 13.1 Å². The van der Waals surface area contributed by atoms with Gasteiger partial charge in [-0.15, -0.1) is 0 Å². The minimum atomic E-state index is -3.89. The van der Waals surface area contributed by atoms with Crippen molar-refractivity contribution in [1.29, 1.82) is 0 Å². The average Bonchev–Trinajstić information content (AvgIpc) is 2.81. The van der Waals surface area contributed by atoms with Gasteiger partial charge in [-0.3, -0.25) is 0 Å². The van der Waals surface area contributed by atoms with Crippen LogP contribution >= 0.6 is 0 Å². The fourth-order valence-corrected chi connectivity index (χ4v) is 3.71. The lowest BCUT2D eigenvalue weighted by atomic mass is 10.1. The fraction of sp³-hybridized carbons (Fsp3) is 0.833. The molecule has 1 saturated heterocycles. The predicted molar refractivity (Wildman–Crippen MR) is 74.4 cm³/mol. The highest BCUT2D eigenvalue weighted by Crippen LogP contribution is 2.29. The molecule has 0 bridgehead atoms. The molecule has 0 amide bonds. The van der Waals surface area contributed by atoms with Crippen LogP contribution in [0.15, 0.2) is 4.52 Å². The van der Waals surface area contributed by atoms with Crippen LogP contribution in [0, 0.1) is 12.8 Å². The van der Waals surface area contributed by atoms with Gasteiger partial charge in [0.05, 0.1) is 0 Å². The Hall–Kier alpha value is -1.13. The number of aryl methyl sites for hydroxylation is 1. The Labute approximate surface area is 128 Å². The predicted octanol–water partition coefficient (Wildman–Crippen LogP) is 1.64. The van der Waals surface area contributed by atoms with Gasteiger partial charge >= 0.3 is 0 Å². The summed E-state index contributed by atoms with van der Waals surface area (Å²) in [6.07, 6.45) is -0.945. The van der Waals surface area contributed by atoms with Crippen LogP contribution in [0.3, 0.4) is 0 Å². The number of nitrogens with one attached hydrogen (secondary N) is 1. The third-order valence-electron chi connectivity index (χ3n) is 3.55. The van der Waals surface area contributed by atoms with Gasteiger partial charge in [-0.05, 0) is 12.8 Å². The van der Waals surface area contributed by atoms with E-state index in [4.69, 9.17) is 4.52 Å². The number of hydrogen-bond donors (Lipinski definition) is 1. The van der Waals surface area contributed by atoms with E-state index in [2.05, 4.69) is 14.9 Å². The van der Waals surface area contributed by atoms with Crippen molar-refractivity contribution < 1.29 is 21.7 Å². The maximum atomic E-state index is 13.1. The highest BCUT2D eigenvalue weighted by Gasteiger charge is 2.39. The second kappa shape index (κ2) is 6.17. The zero-order valence-electron chi connectivity index (χ0n) is 12.7. The van der Waals surface area contributed by atoms with Crippen LogP contribution in [0.25, 0.3) is 0 Å². The van der Waals surface area contributed by atoms with E-state index in [1.165, 1.54) is 0 Å². The van der Waals surface area contributed by atoms with Gasteiger partial charge in [0.15, 0.2) is 5.82 Å². The van der Waals surface area contributed by atoms with Crippen molar-refractivity contribution in [3.8, 4) is 0 Å². The first-order chi connectivity index (χ1) is 10.1. The van der Waals surface area contributed by atoms with Crippen molar-refractivity contribution in [1.82, 2.24) is 19.2 Å². The van der Waals surface area contributed by atoms with Gasteiger partial charge in [-0.2, -0.15) is 22.4 Å². The fourth-order valence-electron chi connectivity index (χ4n) is 2.20. The van der Waals surface area contributed by atoms with E-state index in [1.54, 1.807) is 20.8 Å². The third kappa shape index (κ3) is 3.99. The Morgan fingerprint density at radius 1 is 1.32 bits per heavy atom. The Morgan fingerprint density at radius 3 is 2.36 bits per heavy atom. The summed E-state index contributed by atoms with van der Waals surface area (Å²) >= 11 is 0. The molecule has 1 aliphatic heterocycles. The molecule has 2 rings (SSSR count). The maximum absolute atomic E-state index is 13.1. The van der Waals surface area contributed by atoms with E-state index in [0.717, 1.165) is 4.31 Å². The second-order valence-corrected chi connectivity index (χ2v) is 7.48. The molecule has 7 nitrogen and oxygen atoms in total. The average molecular weight is 338 g/mol. The van der Waals surface area contributed by atoms with Crippen molar-refractivity contribution in [3.63, 3.8) is 0 Å². The number of aromatic nitrogens is 2. The van der Waals surface area contributed by atoms with Gasteiger partial charge in [-0.25, -0.2) is 8.78 Å². The van der Waals surface area contributed by atoms with Crippen molar-refractivity contribution in [2.45, 2.75) is 45.6 Å². The molecular formula is C12H20F2N4O3S. The minimum absolute atomic E-state index is 0.138. The second-order valence-electron chi connectivity index (χ2n) is 5.78. The molecule has 2 heterocycles. The lowest BCUT2D eigenvalue weighted by Gasteiger charge is -2.32. The number of hydrogen-bond acceptors (Lipinski definition) is 5. The van der Waals surface area contributed by atoms with Crippen molar-refractivity contribution in [3.05, 3.63) is 11.7 Å². The standard InChI is InChI=1S/C12H20F2N4O3S/c1-8(2)10(11-15-9(3)16-21-11)17-22(19,20)18-6-4-12(13,14)5-7-18/h8,10,17H,4-7H2,1-3H3. The molecule has 22 heavy (non-hydrogen) atoms. The zero-order chi connectivity index (χ0) is 16.5. The van der Waals surface area contributed by atoms with Crippen LogP contribution in [0.4, 0.5) is 8.78 Å². The van der Waals surface area contributed by atoms with E-state index in [9.17, 15) is 17.2 Å². The number of nitrogens with zero attached hydrogens (tertiary/aromatic N) is 3. The molecule has 0 aromatic carbocycles. The topological polar surface area (TPSA) is 88.3 Å². The number of halogens is 2. The van der Waals surface area contributed by atoms with Gasteiger partial charge in [0.2, 0.25) is 5.89 Å². The smallest absolute Gasteiger partial charge is 0.280 e. The Balaban J connectivity index is 2.12. The molecule has 0 spiro atoms. The van der Waals surface area contributed by atoms with Crippen LogP contribution in [0.1, 0.15) is 44.4 Å². The number of rotatable bonds is 5. The van der Waals surface area contributed by atoms with Gasteiger partial charge in [0.25, 0.3) is 16.1 Å². The Morgan fingerprint density at radius 2 is 1.91 bits per heavy atom. The van der Waals surface area contributed by atoms with Gasteiger partial charge < -0.3 is 4.52 Å². The molecular weight excluding hydrogens is 318 g/mol. The van der Waals surface area contributed by atoms with E-state index in [1.807, 2.05) is 0 Å². The lowest BCUT2D eigenvalue weighted by Crippen LogP contribution is -2.49. The van der Waals surface area contributed by atoms with E-state index >= 15 is 0 Å². The zero-order valence-corrected chi connectivity index (χ0v) is 13.5. The third-order valence-corrected chi connectivity index (χ3v) is 5.14. The Kier molecular flexibility index (Phi) is 4.83. The number of alkyl halides is 2. The summed E-state index contributed by atoms with van der Waals surface area (Å²) in [5.74, 6) is -2.37. The summed E-state index contributed by atoms with van der Waals surface area (Å²) in [6, 6.07) is -0.700. The van der Waals surface area contributed by atoms with Gasteiger partial charge in [-0.1, -0.05) is 19.0 Å². The van der Waals surface area contributed by atoms with Crippen molar-refractivity contribution in [2.24, 2.45) is 5.92 Å². The molecule has 0 radical (unpaired) electrons. The molecule has 1 unspecified atom stereocenters. The highest BCUT2D eigenvalue weighted by molar-refractivity contribution is 7.87. The van der Waals surface area contributed by atoms with Gasteiger partial charge in [0.1, 0.15) is 6.04 Å². The molecule has 0 saturated carbocycles. The Bertz CT molecular complexity index is 608. The lowest BCUT2D eigenvalue weighted by molar-refractivity contribution is -0.0414. The van der Waals surface area contributed by atoms with Crippen LogP contribution in [0.2, 0.25) is 0 Å². The molecule has 1 aliphatic rings. The molecule has 1 aromatic heterocycles. The van der Waals surface area contributed by atoms with E-state index in [0.29, 0.717) is 5.82 Å². The largest absolute Gasteiger partial charge is 0.338 e. The highest BCUT2D eigenvalue weighted by atomic mass is 32.2. The van der Waals surface area contributed by atoms with Crippen LogP contribution < -0.4 is 4.72 Å². The molecule has 1 N–H and O–H groups in total. The monoisotopic (exact) mass is 338 g/mol. The molecule has 1 atom stereocenters. The summed E-state index contributed by atoms with van der Waals surface area (Å²) in [4.78, 5) is 4.04. The quantitative estimate of drug-likeness (QED) is 0.882. The van der Waals surface area contributed by atoms with E-state index in [-0.39, 0.29) is 24.9 Å². The summed E-state index contributed by atoms with van der Waals surface area (Å²) in [5.41, 5.74) is 0. The molecule has 1 aromatic rings. The van der Waals surface area contributed by atoms with E-state index < -0.39 is 35.0 Å². The number of piperidine rings is 1. The molecule has 1 fully saturated rings. The van der Waals surface area contributed by atoms with Crippen LogP contribution in [-0.4, -0.2) is 41.9 Å². The molecule has 10 heteroatoms. The van der Waals surface area contributed by atoms with Crippen LogP contribution in [-0.2, 0) is 10.2 Å². The minimum Gasteiger partial charge on any atom is -0.338 e. The maximum Gasteiger partial charge on any atom is 0.280 e. The first-order valence-corrected chi connectivity index (χ1v) is 8.50. The van der Waals surface area contributed by atoms with Crippen LogP contribution in [0.5, 0.6) is 0 Å². The SMILES string of the molecule is Cc1noc(C(NS(=O)(=O)N2CCC(F)(F)CC2)C(C)C)n1. The first-order valence-electron chi connectivity index (χ1n) is 7.06. The van der Waals surface area contributed by atoms with Crippen molar-refractivity contribution >= 4 is 10.2 Å². The van der Waals surface area contributed by atoms with Gasteiger partial charge in [0, 0.05) is 25.9 Å². The summed E-state index contributed by atoms with van der Waals surface area (Å²) in [6.45, 7) is 4.81.